The van der Waals surface area contributed by atoms with Crippen LogP contribution in [0.1, 0.15) is 57.9 Å². The zero-order valence-corrected chi connectivity index (χ0v) is 15.8. The lowest BCUT2D eigenvalue weighted by Crippen LogP contribution is -2.59. The Labute approximate surface area is 155 Å². The number of nitrogens with zero attached hydrogens (tertiary/aromatic N) is 3. The molecular weight excluding hydrogens is 324 g/mol. The Hall–Kier alpha value is -2.09. The SMILES string of the molecule is CC1(C)CC1CC(=O)NC1CCC2(CC1)CN(c1ccncc1C#N)C2. The van der Waals surface area contributed by atoms with Crippen LogP contribution < -0.4 is 10.2 Å². The molecule has 5 heteroatoms. The van der Waals surface area contributed by atoms with Gasteiger partial charge in [0.05, 0.1) is 11.3 Å². The molecule has 3 fully saturated rings. The van der Waals surface area contributed by atoms with E-state index in [1.165, 1.54) is 6.42 Å². The summed E-state index contributed by atoms with van der Waals surface area (Å²) >= 11 is 0. The van der Waals surface area contributed by atoms with E-state index in [1.807, 2.05) is 6.07 Å². The lowest BCUT2D eigenvalue weighted by Gasteiger charge is -2.54. The van der Waals surface area contributed by atoms with Crippen LogP contribution in [0.5, 0.6) is 0 Å². The minimum atomic E-state index is 0.243. The maximum Gasteiger partial charge on any atom is 0.220 e. The number of carbonyl (C=O) groups excluding carboxylic acids is 1. The van der Waals surface area contributed by atoms with Gasteiger partial charge in [0, 0.05) is 43.4 Å². The second-order valence-corrected chi connectivity index (χ2v) is 9.30. The number of hydrogen-bond donors (Lipinski definition) is 1. The quantitative estimate of drug-likeness (QED) is 0.903. The highest BCUT2D eigenvalue weighted by Crippen LogP contribution is 2.53. The number of aromatic nitrogens is 1. The maximum atomic E-state index is 12.2. The summed E-state index contributed by atoms with van der Waals surface area (Å²) in [6, 6.07) is 4.53. The number of pyridine rings is 1. The summed E-state index contributed by atoms with van der Waals surface area (Å²) < 4.78 is 0. The van der Waals surface area contributed by atoms with Crippen LogP contribution in [-0.2, 0) is 4.79 Å². The molecule has 1 aromatic rings. The zero-order valence-electron chi connectivity index (χ0n) is 15.8. The molecule has 1 amide bonds. The average Bonchev–Trinajstić information content (AvgIpc) is 3.19. The van der Waals surface area contributed by atoms with Crippen molar-refractivity contribution in [3.63, 3.8) is 0 Å². The molecule has 3 aliphatic rings. The van der Waals surface area contributed by atoms with Crippen LogP contribution >= 0.6 is 0 Å². The molecule has 1 spiro atoms. The Balaban J connectivity index is 1.25. The van der Waals surface area contributed by atoms with Gasteiger partial charge in [-0.15, -0.1) is 0 Å². The summed E-state index contributed by atoms with van der Waals surface area (Å²) in [7, 11) is 0. The Morgan fingerprint density at radius 1 is 1.38 bits per heavy atom. The van der Waals surface area contributed by atoms with Gasteiger partial charge in [-0.05, 0) is 49.5 Å². The van der Waals surface area contributed by atoms with Gasteiger partial charge in [0.2, 0.25) is 5.91 Å². The molecule has 5 nitrogen and oxygen atoms in total. The molecule has 0 aromatic carbocycles. The number of amides is 1. The highest BCUT2D eigenvalue weighted by atomic mass is 16.1. The van der Waals surface area contributed by atoms with E-state index in [4.69, 9.17) is 0 Å². The fourth-order valence-electron chi connectivity index (χ4n) is 4.81. The minimum Gasteiger partial charge on any atom is -0.369 e. The van der Waals surface area contributed by atoms with Gasteiger partial charge in [-0.2, -0.15) is 5.26 Å². The topological polar surface area (TPSA) is 69.0 Å². The van der Waals surface area contributed by atoms with Crippen LogP contribution in [0, 0.1) is 28.1 Å². The van der Waals surface area contributed by atoms with Gasteiger partial charge < -0.3 is 10.2 Å². The summed E-state index contributed by atoms with van der Waals surface area (Å²) in [5.74, 6) is 0.819. The highest BCUT2D eigenvalue weighted by molar-refractivity contribution is 5.77. The van der Waals surface area contributed by atoms with E-state index in [-0.39, 0.29) is 5.91 Å². The van der Waals surface area contributed by atoms with Gasteiger partial charge >= 0.3 is 0 Å². The molecule has 1 atom stereocenters. The summed E-state index contributed by atoms with van der Waals surface area (Å²) in [5, 5.41) is 12.5. The molecule has 2 heterocycles. The average molecular weight is 352 g/mol. The number of carbonyl (C=O) groups is 1. The second-order valence-electron chi connectivity index (χ2n) is 9.30. The van der Waals surface area contributed by atoms with Crippen molar-refractivity contribution in [2.75, 3.05) is 18.0 Å². The first-order valence-corrected chi connectivity index (χ1v) is 9.79. The Bertz CT molecular complexity index is 735. The van der Waals surface area contributed by atoms with E-state index < -0.39 is 0 Å². The van der Waals surface area contributed by atoms with Crippen LogP contribution in [0.3, 0.4) is 0 Å². The van der Waals surface area contributed by atoms with Gasteiger partial charge in [-0.25, -0.2) is 0 Å². The van der Waals surface area contributed by atoms with E-state index >= 15 is 0 Å². The van der Waals surface area contributed by atoms with Crippen LogP contribution in [0.15, 0.2) is 18.5 Å². The monoisotopic (exact) mass is 352 g/mol. The molecule has 1 aromatic heterocycles. The molecule has 0 radical (unpaired) electrons. The smallest absolute Gasteiger partial charge is 0.220 e. The van der Waals surface area contributed by atoms with Crippen molar-refractivity contribution < 1.29 is 4.79 Å². The molecule has 2 saturated carbocycles. The van der Waals surface area contributed by atoms with Gasteiger partial charge in [0.25, 0.3) is 0 Å². The first-order valence-electron chi connectivity index (χ1n) is 9.79. The lowest BCUT2D eigenvalue weighted by molar-refractivity contribution is -0.122. The third kappa shape index (κ3) is 3.30. The molecule has 1 unspecified atom stereocenters. The lowest BCUT2D eigenvalue weighted by atomic mass is 9.67. The fourth-order valence-corrected chi connectivity index (χ4v) is 4.81. The van der Waals surface area contributed by atoms with Crippen LogP contribution in [-0.4, -0.2) is 30.0 Å². The highest BCUT2D eigenvalue weighted by Gasteiger charge is 2.47. The number of rotatable bonds is 4. The predicted molar refractivity (Wildman–Crippen MR) is 101 cm³/mol. The molecule has 26 heavy (non-hydrogen) atoms. The first kappa shape index (κ1) is 17.3. The second kappa shape index (κ2) is 6.26. The molecule has 138 valence electrons. The number of hydrogen-bond acceptors (Lipinski definition) is 4. The standard InChI is InChI=1S/C21H28N4O/c1-20(2)10-16(20)9-19(26)24-17-3-6-21(7-4-17)13-25(14-21)18-5-8-23-12-15(18)11-22/h5,8,12,16-17H,3-4,6-7,9-10,13-14H2,1-2H3,(H,24,26). The molecule has 0 bridgehead atoms. The van der Waals surface area contributed by atoms with Crippen molar-refractivity contribution >= 4 is 11.6 Å². The Morgan fingerprint density at radius 3 is 2.69 bits per heavy atom. The van der Waals surface area contributed by atoms with E-state index in [1.54, 1.807) is 12.4 Å². The van der Waals surface area contributed by atoms with Gasteiger partial charge in [0.15, 0.2) is 0 Å². The van der Waals surface area contributed by atoms with E-state index in [0.717, 1.165) is 44.5 Å². The van der Waals surface area contributed by atoms with Gasteiger partial charge in [-0.1, -0.05) is 13.8 Å². The van der Waals surface area contributed by atoms with Crippen molar-refractivity contribution in [2.24, 2.45) is 16.7 Å². The van der Waals surface area contributed by atoms with Crippen molar-refractivity contribution in [1.82, 2.24) is 10.3 Å². The fraction of sp³-hybridized carbons (Fsp3) is 0.667. The minimum absolute atomic E-state index is 0.243. The zero-order chi connectivity index (χ0) is 18.4. The molecule has 2 aliphatic carbocycles. The van der Waals surface area contributed by atoms with E-state index in [2.05, 4.69) is 35.1 Å². The molecule has 4 rings (SSSR count). The third-order valence-corrected chi connectivity index (χ3v) is 6.87. The van der Waals surface area contributed by atoms with Gasteiger partial charge in [0.1, 0.15) is 6.07 Å². The van der Waals surface area contributed by atoms with E-state index in [0.29, 0.717) is 34.8 Å². The van der Waals surface area contributed by atoms with Crippen molar-refractivity contribution in [1.29, 1.82) is 5.26 Å². The molecule has 1 saturated heterocycles. The van der Waals surface area contributed by atoms with Gasteiger partial charge in [-0.3, -0.25) is 9.78 Å². The molecule has 1 aliphatic heterocycles. The summed E-state index contributed by atoms with van der Waals surface area (Å²) in [4.78, 5) is 18.6. The number of anilines is 1. The van der Waals surface area contributed by atoms with Crippen molar-refractivity contribution in [3.8, 4) is 6.07 Å². The van der Waals surface area contributed by atoms with Crippen molar-refractivity contribution in [2.45, 2.75) is 58.4 Å². The Kier molecular flexibility index (Phi) is 4.17. The normalized spacial score (nSPS) is 26.0. The largest absolute Gasteiger partial charge is 0.369 e. The molecule has 1 N–H and O–H groups in total. The van der Waals surface area contributed by atoms with Crippen LogP contribution in [0.25, 0.3) is 0 Å². The summed E-state index contributed by atoms with van der Waals surface area (Å²) in [6.07, 6.45) is 9.77. The summed E-state index contributed by atoms with van der Waals surface area (Å²) in [6.45, 7) is 6.53. The third-order valence-electron chi connectivity index (χ3n) is 6.87. The van der Waals surface area contributed by atoms with Crippen LogP contribution in [0.2, 0.25) is 0 Å². The Morgan fingerprint density at radius 2 is 2.08 bits per heavy atom. The number of nitrogens with one attached hydrogen (secondary N) is 1. The number of nitriles is 1. The first-order chi connectivity index (χ1) is 12.4. The van der Waals surface area contributed by atoms with Crippen molar-refractivity contribution in [3.05, 3.63) is 24.0 Å². The summed E-state index contributed by atoms with van der Waals surface area (Å²) in [5.41, 5.74) is 2.41. The predicted octanol–water partition coefficient (Wildman–Crippen LogP) is 3.25. The molecular formula is C21H28N4O. The van der Waals surface area contributed by atoms with E-state index in [9.17, 15) is 10.1 Å². The maximum absolute atomic E-state index is 12.2. The van der Waals surface area contributed by atoms with Crippen LogP contribution in [0.4, 0.5) is 5.69 Å².